The molecule has 0 unspecified atom stereocenters. The third kappa shape index (κ3) is 6.35. The highest BCUT2D eigenvalue weighted by atomic mass is 16.5. The van der Waals surface area contributed by atoms with Gasteiger partial charge in [0.2, 0.25) is 0 Å². The van der Waals surface area contributed by atoms with Crippen molar-refractivity contribution in [3.8, 4) is 5.75 Å². The molecule has 2 rings (SSSR count). The number of benzene rings is 1. The van der Waals surface area contributed by atoms with Gasteiger partial charge in [-0.05, 0) is 63.0 Å². The SMILES string of the molecule is COC(=O)c1c(CCC[C@H]2CCC[C@@H](CC[C@H](C)C=O)O2)cccc1OC. The molecular formula is C22H32O5. The number of ether oxygens (including phenoxy) is 3. The number of aryl methyl sites for hydroxylation is 1. The fourth-order valence-corrected chi connectivity index (χ4v) is 3.73. The van der Waals surface area contributed by atoms with Gasteiger partial charge in [0, 0.05) is 5.92 Å². The molecule has 150 valence electrons. The number of aldehydes is 1. The molecule has 0 bridgehead atoms. The van der Waals surface area contributed by atoms with Gasteiger partial charge in [-0.3, -0.25) is 0 Å². The first kappa shape index (κ1) is 21.4. The Bertz CT molecular complexity index is 613. The summed E-state index contributed by atoms with van der Waals surface area (Å²) in [5, 5.41) is 0. The Kier molecular flexibility index (Phi) is 8.79. The van der Waals surface area contributed by atoms with Crippen LogP contribution in [0.3, 0.4) is 0 Å². The van der Waals surface area contributed by atoms with Crippen LogP contribution >= 0.6 is 0 Å². The zero-order chi connectivity index (χ0) is 19.6. The molecule has 0 aromatic heterocycles. The van der Waals surface area contributed by atoms with Crippen molar-refractivity contribution in [2.45, 2.75) is 70.5 Å². The fraction of sp³-hybridized carbons (Fsp3) is 0.636. The molecule has 3 atom stereocenters. The van der Waals surface area contributed by atoms with E-state index in [1.807, 2.05) is 19.1 Å². The molecule has 1 aliphatic heterocycles. The van der Waals surface area contributed by atoms with Gasteiger partial charge in [-0.25, -0.2) is 4.79 Å². The molecule has 0 N–H and O–H groups in total. The second-order valence-corrected chi connectivity index (χ2v) is 7.38. The molecule has 1 fully saturated rings. The summed E-state index contributed by atoms with van der Waals surface area (Å²) in [6, 6.07) is 5.65. The summed E-state index contributed by atoms with van der Waals surface area (Å²) in [5.74, 6) is 0.303. The van der Waals surface area contributed by atoms with E-state index in [-0.39, 0.29) is 24.1 Å². The Labute approximate surface area is 162 Å². The van der Waals surface area contributed by atoms with Gasteiger partial charge in [-0.15, -0.1) is 0 Å². The number of esters is 1. The van der Waals surface area contributed by atoms with E-state index < -0.39 is 0 Å². The van der Waals surface area contributed by atoms with E-state index in [9.17, 15) is 9.59 Å². The number of carbonyl (C=O) groups excluding carboxylic acids is 2. The van der Waals surface area contributed by atoms with Crippen molar-refractivity contribution in [2.75, 3.05) is 14.2 Å². The van der Waals surface area contributed by atoms with Gasteiger partial charge in [-0.1, -0.05) is 19.1 Å². The lowest BCUT2D eigenvalue weighted by molar-refractivity contribution is -0.111. The number of carbonyl (C=O) groups is 2. The van der Waals surface area contributed by atoms with Crippen molar-refractivity contribution in [3.05, 3.63) is 29.3 Å². The Balaban J connectivity index is 1.87. The predicted molar refractivity (Wildman–Crippen MR) is 104 cm³/mol. The normalized spacial score (nSPS) is 20.7. The molecular weight excluding hydrogens is 344 g/mol. The van der Waals surface area contributed by atoms with Crippen LogP contribution in [0.2, 0.25) is 0 Å². The van der Waals surface area contributed by atoms with Gasteiger partial charge in [0.05, 0.1) is 26.4 Å². The first-order valence-electron chi connectivity index (χ1n) is 9.94. The van der Waals surface area contributed by atoms with Crippen molar-refractivity contribution in [1.82, 2.24) is 0 Å². The molecule has 0 amide bonds. The summed E-state index contributed by atoms with van der Waals surface area (Å²) >= 11 is 0. The molecule has 1 aromatic carbocycles. The van der Waals surface area contributed by atoms with Gasteiger partial charge < -0.3 is 19.0 Å². The van der Waals surface area contributed by atoms with Crippen molar-refractivity contribution < 1.29 is 23.8 Å². The van der Waals surface area contributed by atoms with Crippen molar-refractivity contribution in [1.29, 1.82) is 0 Å². The largest absolute Gasteiger partial charge is 0.496 e. The first-order chi connectivity index (χ1) is 13.1. The zero-order valence-corrected chi connectivity index (χ0v) is 16.7. The van der Waals surface area contributed by atoms with Crippen LogP contribution in [0.4, 0.5) is 0 Å². The van der Waals surface area contributed by atoms with Crippen LogP contribution in [0.15, 0.2) is 18.2 Å². The monoisotopic (exact) mass is 376 g/mol. The lowest BCUT2D eigenvalue weighted by Crippen LogP contribution is -2.28. The minimum Gasteiger partial charge on any atom is -0.496 e. The Morgan fingerprint density at radius 1 is 1.26 bits per heavy atom. The van der Waals surface area contributed by atoms with Crippen LogP contribution in [-0.2, 0) is 20.7 Å². The van der Waals surface area contributed by atoms with E-state index in [0.29, 0.717) is 11.3 Å². The minimum atomic E-state index is -0.360. The average molecular weight is 376 g/mol. The van der Waals surface area contributed by atoms with Crippen molar-refractivity contribution >= 4 is 12.3 Å². The maximum atomic E-state index is 12.1. The molecule has 1 aliphatic rings. The Morgan fingerprint density at radius 3 is 2.67 bits per heavy atom. The van der Waals surface area contributed by atoms with E-state index in [4.69, 9.17) is 14.2 Å². The smallest absolute Gasteiger partial charge is 0.341 e. The molecule has 1 heterocycles. The van der Waals surface area contributed by atoms with E-state index in [0.717, 1.165) is 56.8 Å². The first-order valence-corrected chi connectivity index (χ1v) is 9.94. The number of rotatable bonds is 10. The molecule has 27 heavy (non-hydrogen) atoms. The topological polar surface area (TPSA) is 61.8 Å². The maximum absolute atomic E-state index is 12.1. The molecule has 1 aromatic rings. The van der Waals surface area contributed by atoms with E-state index in [1.165, 1.54) is 13.5 Å². The van der Waals surface area contributed by atoms with Gasteiger partial charge in [0.1, 0.15) is 17.6 Å². The second kappa shape index (κ2) is 11.1. The Hall–Kier alpha value is -1.88. The zero-order valence-electron chi connectivity index (χ0n) is 16.7. The van der Waals surface area contributed by atoms with E-state index in [2.05, 4.69) is 0 Å². The van der Waals surface area contributed by atoms with Crippen molar-refractivity contribution in [3.63, 3.8) is 0 Å². The lowest BCUT2D eigenvalue weighted by Gasteiger charge is -2.30. The highest BCUT2D eigenvalue weighted by molar-refractivity contribution is 5.94. The van der Waals surface area contributed by atoms with Gasteiger partial charge >= 0.3 is 5.97 Å². The van der Waals surface area contributed by atoms with Crippen LogP contribution in [-0.4, -0.2) is 38.7 Å². The third-order valence-corrected chi connectivity index (χ3v) is 5.31. The van der Waals surface area contributed by atoms with Crippen LogP contribution in [0.1, 0.15) is 67.8 Å². The van der Waals surface area contributed by atoms with Gasteiger partial charge in [-0.2, -0.15) is 0 Å². The Morgan fingerprint density at radius 2 is 2.00 bits per heavy atom. The molecule has 1 saturated heterocycles. The molecule has 5 nitrogen and oxygen atoms in total. The second-order valence-electron chi connectivity index (χ2n) is 7.38. The number of hydrogen-bond donors (Lipinski definition) is 0. The third-order valence-electron chi connectivity index (χ3n) is 5.31. The fourth-order valence-electron chi connectivity index (χ4n) is 3.73. The quantitative estimate of drug-likeness (QED) is 0.448. The van der Waals surface area contributed by atoms with Crippen LogP contribution in [0.5, 0.6) is 5.75 Å². The molecule has 0 spiro atoms. The van der Waals surface area contributed by atoms with E-state index >= 15 is 0 Å². The summed E-state index contributed by atoms with van der Waals surface area (Å²) in [7, 11) is 2.95. The lowest BCUT2D eigenvalue weighted by atomic mass is 9.94. The van der Waals surface area contributed by atoms with Crippen LogP contribution in [0.25, 0.3) is 0 Å². The number of methoxy groups -OCH3 is 2. The molecule has 0 saturated carbocycles. The highest BCUT2D eigenvalue weighted by Crippen LogP contribution is 2.28. The summed E-state index contributed by atoms with van der Waals surface area (Å²) in [5.41, 5.74) is 1.47. The highest BCUT2D eigenvalue weighted by Gasteiger charge is 2.23. The summed E-state index contributed by atoms with van der Waals surface area (Å²) < 4.78 is 16.5. The van der Waals surface area contributed by atoms with Crippen LogP contribution < -0.4 is 4.74 Å². The van der Waals surface area contributed by atoms with E-state index in [1.54, 1.807) is 13.2 Å². The summed E-state index contributed by atoms with van der Waals surface area (Å²) in [4.78, 5) is 22.9. The van der Waals surface area contributed by atoms with Gasteiger partial charge in [0.15, 0.2) is 0 Å². The van der Waals surface area contributed by atoms with Crippen LogP contribution in [0, 0.1) is 5.92 Å². The molecule has 0 radical (unpaired) electrons. The van der Waals surface area contributed by atoms with Crippen molar-refractivity contribution in [2.24, 2.45) is 5.92 Å². The molecule has 0 aliphatic carbocycles. The maximum Gasteiger partial charge on any atom is 0.341 e. The average Bonchev–Trinajstić information content (AvgIpc) is 2.71. The molecule has 5 heteroatoms. The summed E-state index contributed by atoms with van der Waals surface area (Å²) in [6.45, 7) is 1.96. The number of hydrogen-bond acceptors (Lipinski definition) is 5. The summed E-state index contributed by atoms with van der Waals surface area (Å²) in [6.07, 6.45) is 9.46. The minimum absolute atomic E-state index is 0.110. The van der Waals surface area contributed by atoms with Gasteiger partial charge in [0.25, 0.3) is 0 Å². The standard InChI is InChI=1S/C22H32O5/c1-16(15-23)13-14-19-11-6-10-18(27-19)9-4-7-17-8-5-12-20(25-2)21(17)22(24)26-3/h5,8,12,15-16,18-19H,4,6-7,9-11,13-14H2,1-3H3/t16-,18-,19-/m0/s1. The predicted octanol–water partition coefficient (Wildman–Crippen LogP) is 4.36.